The quantitative estimate of drug-likeness (QED) is 0.681. The molecule has 0 saturated heterocycles. The Morgan fingerprint density at radius 3 is 2.95 bits per heavy atom. The number of amides is 1. The largest absolute Gasteiger partial charge is 0.482 e. The zero-order valence-electron chi connectivity index (χ0n) is 11.7. The molecule has 0 spiro atoms. The van der Waals surface area contributed by atoms with E-state index in [1.807, 2.05) is 11.0 Å². The number of hydrogen-bond donors (Lipinski definition) is 3. The minimum absolute atomic E-state index is 0.0158. The molecule has 0 radical (unpaired) electrons. The fraction of sp³-hybridized carbons (Fsp3) is 0.500. The van der Waals surface area contributed by atoms with Gasteiger partial charge in [0.25, 0.3) is 5.91 Å². The molecular formula is C14H21N3O3. The van der Waals surface area contributed by atoms with Gasteiger partial charge in [0.15, 0.2) is 6.61 Å². The fourth-order valence-corrected chi connectivity index (χ4v) is 2.23. The van der Waals surface area contributed by atoms with Gasteiger partial charge in [0.05, 0.1) is 23.7 Å². The Kier molecular flexibility index (Phi) is 4.68. The number of nitrogens with two attached hydrogens (primary N) is 1. The number of nitrogen functional groups attached to an aromatic ring is 1. The molecule has 1 heterocycles. The van der Waals surface area contributed by atoms with Crippen LogP contribution in [0.1, 0.15) is 19.8 Å². The molecule has 0 aromatic heterocycles. The number of rotatable bonds is 6. The maximum atomic E-state index is 11.4. The van der Waals surface area contributed by atoms with E-state index in [2.05, 4.69) is 12.2 Å². The highest BCUT2D eigenvalue weighted by atomic mass is 16.5. The number of unbranched alkanes of at least 4 members (excludes halogenated alkanes) is 1. The number of hydrogen-bond acceptors (Lipinski definition) is 5. The van der Waals surface area contributed by atoms with Crippen LogP contribution in [-0.4, -0.2) is 37.3 Å². The molecule has 0 bridgehead atoms. The second-order valence-electron chi connectivity index (χ2n) is 4.81. The molecule has 1 amide bonds. The molecule has 0 saturated carbocycles. The van der Waals surface area contributed by atoms with Gasteiger partial charge in [0, 0.05) is 19.2 Å². The number of nitrogens with one attached hydrogen (secondary N) is 1. The Morgan fingerprint density at radius 1 is 1.45 bits per heavy atom. The van der Waals surface area contributed by atoms with E-state index in [1.54, 1.807) is 6.07 Å². The first-order valence-electron chi connectivity index (χ1n) is 6.87. The summed E-state index contributed by atoms with van der Waals surface area (Å²) in [5.41, 5.74) is 8.10. The molecule has 6 nitrogen and oxygen atoms in total. The van der Waals surface area contributed by atoms with Crippen molar-refractivity contribution < 1.29 is 14.6 Å². The first kappa shape index (κ1) is 14.5. The normalized spacial score (nSPS) is 13.4. The molecule has 1 aromatic rings. The molecule has 4 N–H and O–H groups in total. The summed E-state index contributed by atoms with van der Waals surface area (Å²) in [5.74, 6) is 0.417. The van der Waals surface area contributed by atoms with E-state index >= 15 is 0 Å². The summed E-state index contributed by atoms with van der Waals surface area (Å²) in [6.45, 7) is 3.51. The molecule has 1 aromatic carbocycles. The van der Waals surface area contributed by atoms with Gasteiger partial charge in [-0.25, -0.2) is 0 Å². The van der Waals surface area contributed by atoms with Gasteiger partial charge < -0.3 is 25.8 Å². The van der Waals surface area contributed by atoms with Crippen molar-refractivity contribution in [3.8, 4) is 5.75 Å². The zero-order chi connectivity index (χ0) is 14.5. The standard InChI is InChI=1S/C14H21N3O3/c1-2-3-4-17(5-6-18)12-8-11-13(7-10(12)15)20-9-14(19)16-11/h7-8,18H,2-6,9,15H2,1H3,(H,16,19). The van der Waals surface area contributed by atoms with Gasteiger partial charge in [-0.1, -0.05) is 13.3 Å². The Hall–Kier alpha value is -1.95. The summed E-state index contributed by atoms with van der Waals surface area (Å²) in [7, 11) is 0. The van der Waals surface area contributed by atoms with Crippen LogP contribution in [0.25, 0.3) is 0 Å². The summed E-state index contributed by atoms with van der Waals surface area (Å²) in [6.07, 6.45) is 2.08. The van der Waals surface area contributed by atoms with E-state index in [-0.39, 0.29) is 19.1 Å². The van der Waals surface area contributed by atoms with E-state index in [0.717, 1.165) is 25.1 Å². The maximum absolute atomic E-state index is 11.4. The number of aliphatic hydroxyl groups is 1. The van der Waals surface area contributed by atoms with Crippen LogP contribution in [-0.2, 0) is 4.79 Å². The van der Waals surface area contributed by atoms with Gasteiger partial charge >= 0.3 is 0 Å². The predicted octanol–water partition coefficient (Wildman–Crippen LogP) is 1.20. The highest BCUT2D eigenvalue weighted by molar-refractivity contribution is 5.97. The first-order valence-corrected chi connectivity index (χ1v) is 6.87. The van der Waals surface area contributed by atoms with E-state index in [0.29, 0.717) is 23.7 Å². The fourth-order valence-electron chi connectivity index (χ4n) is 2.23. The number of carbonyl (C=O) groups excluding carboxylic acids is 1. The number of benzene rings is 1. The lowest BCUT2D eigenvalue weighted by molar-refractivity contribution is -0.118. The summed E-state index contributed by atoms with van der Waals surface area (Å²) < 4.78 is 5.33. The van der Waals surface area contributed by atoms with E-state index in [9.17, 15) is 9.90 Å². The van der Waals surface area contributed by atoms with Crippen molar-refractivity contribution >= 4 is 23.0 Å². The molecule has 20 heavy (non-hydrogen) atoms. The summed E-state index contributed by atoms with van der Waals surface area (Å²) >= 11 is 0. The molecule has 6 heteroatoms. The Labute approximate surface area is 118 Å². The van der Waals surface area contributed by atoms with Crippen LogP contribution in [0.4, 0.5) is 17.1 Å². The number of anilines is 3. The number of carbonyl (C=O) groups is 1. The lowest BCUT2D eigenvalue weighted by Crippen LogP contribution is -2.30. The van der Waals surface area contributed by atoms with Crippen molar-refractivity contribution in [3.63, 3.8) is 0 Å². The van der Waals surface area contributed by atoms with E-state index < -0.39 is 0 Å². The third-order valence-corrected chi connectivity index (χ3v) is 3.25. The van der Waals surface area contributed by atoms with Crippen LogP contribution in [0.15, 0.2) is 12.1 Å². The van der Waals surface area contributed by atoms with Crippen LogP contribution in [0, 0.1) is 0 Å². The molecule has 0 aliphatic carbocycles. The Balaban J connectivity index is 2.29. The smallest absolute Gasteiger partial charge is 0.262 e. The summed E-state index contributed by atoms with van der Waals surface area (Å²) in [4.78, 5) is 13.4. The number of aliphatic hydroxyl groups excluding tert-OH is 1. The molecule has 0 fully saturated rings. The SMILES string of the molecule is CCCCN(CCO)c1cc2c(cc1N)OCC(=O)N2. The third kappa shape index (κ3) is 3.14. The van der Waals surface area contributed by atoms with Crippen molar-refractivity contribution in [2.75, 3.05) is 42.3 Å². The molecule has 2 rings (SSSR count). The van der Waals surface area contributed by atoms with Gasteiger partial charge in [-0.2, -0.15) is 0 Å². The minimum atomic E-state index is -0.171. The first-order chi connectivity index (χ1) is 9.65. The van der Waals surface area contributed by atoms with Crippen LogP contribution in [0.3, 0.4) is 0 Å². The monoisotopic (exact) mass is 279 g/mol. The van der Waals surface area contributed by atoms with Crippen LogP contribution >= 0.6 is 0 Å². The van der Waals surface area contributed by atoms with Crippen molar-refractivity contribution in [2.24, 2.45) is 0 Å². The summed E-state index contributed by atoms with van der Waals surface area (Å²) in [5, 5.41) is 12.0. The lowest BCUT2D eigenvalue weighted by Gasteiger charge is -2.27. The average Bonchev–Trinajstić information content (AvgIpc) is 2.43. The number of fused-ring (bicyclic) bond motifs is 1. The van der Waals surface area contributed by atoms with Gasteiger partial charge in [-0.15, -0.1) is 0 Å². The highest BCUT2D eigenvalue weighted by Gasteiger charge is 2.20. The molecule has 1 aliphatic heterocycles. The number of ether oxygens (including phenoxy) is 1. The van der Waals surface area contributed by atoms with E-state index in [4.69, 9.17) is 10.5 Å². The van der Waals surface area contributed by atoms with Gasteiger partial charge in [-0.05, 0) is 12.5 Å². The van der Waals surface area contributed by atoms with Crippen LogP contribution < -0.4 is 20.7 Å². The van der Waals surface area contributed by atoms with Crippen molar-refractivity contribution in [2.45, 2.75) is 19.8 Å². The van der Waals surface area contributed by atoms with Crippen molar-refractivity contribution in [3.05, 3.63) is 12.1 Å². The topological polar surface area (TPSA) is 87.8 Å². The van der Waals surface area contributed by atoms with Gasteiger partial charge in [-0.3, -0.25) is 4.79 Å². The zero-order valence-corrected chi connectivity index (χ0v) is 11.7. The summed E-state index contributed by atoms with van der Waals surface area (Å²) in [6, 6.07) is 3.54. The molecule has 1 aliphatic rings. The third-order valence-electron chi connectivity index (χ3n) is 3.25. The highest BCUT2D eigenvalue weighted by Crippen LogP contribution is 2.37. The second-order valence-corrected chi connectivity index (χ2v) is 4.81. The predicted molar refractivity (Wildman–Crippen MR) is 79.2 cm³/mol. The molecule has 0 atom stereocenters. The molecule has 0 unspecified atom stereocenters. The van der Waals surface area contributed by atoms with Crippen molar-refractivity contribution in [1.29, 1.82) is 0 Å². The Bertz CT molecular complexity index is 491. The van der Waals surface area contributed by atoms with Gasteiger partial charge in [0.2, 0.25) is 0 Å². The van der Waals surface area contributed by atoms with E-state index in [1.165, 1.54) is 0 Å². The van der Waals surface area contributed by atoms with Gasteiger partial charge in [0.1, 0.15) is 5.75 Å². The Morgan fingerprint density at radius 2 is 2.25 bits per heavy atom. The lowest BCUT2D eigenvalue weighted by atomic mass is 10.1. The maximum Gasteiger partial charge on any atom is 0.262 e. The van der Waals surface area contributed by atoms with Crippen LogP contribution in [0.2, 0.25) is 0 Å². The molecular weight excluding hydrogens is 258 g/mol. The molecule has 110 valence electrons. The average molecular weight is 279 g/mol. The van der Waals surface area contributed by atoms with Crippen molar-refractivity contribution in [1.82, 2.24) is 0 Å². The van der Waals surface area contributed by atoms with Crippen LogP contribution in [0.5, 0.6) is 5.75 Å². The number of nitrogens with zero attached hydrogens (tertiary/aromatic N) is 1. The second kappa shape index (κ2) is 6.47. The minimum Gasteiger partial charge on any atom is -0.482 e.